The van der Waals surface area contributed by atoms with Crippen molar-refractivity contribution in [3.8, 4) is 11.1 Å². The van der Waals surface area contributed by atoms with Crippen LogP contribution in [-0.4, -0.2) is 41.3 Å². The first kappa shape index (κ1) is 16.6. The van der Waals surface area contributed by atoms with Gasteiger partial charge in [0.05, 0.1) is 0 Å². The number of anilines is 1. The van der Waals surface area contributed by atoms with Crippen molar-refractivity contribution in [1.82, 2.24) is 4.90 Å². The van der Waals surface area contributed by atoms with Crippen molar-refractivity contribution >= 4 is 29.3 Å². The molecule has 0 spiro atoms. The molecule has 0 aromatic heterocycles. The fraction of sp³-hybridized carbons (Fsp3) is 0.263. The summed E-state index contributed by atoms with van der Waals surface area (Å²) in [5.41, 5.74) is 2.57. The minimum absolute atomic E-state index is 0.444. The van der Waals surface area contributed by atoms with E-state index in [-0.39, 0.29) is 0 Å². The van der Waals surface area contributed by atoms with Gasteiger partial charge in [0, 0.05) is 30.1 Å². The number of nitrogens with one attached hydrogen (secondary N) is 1. The molecule has 0 unspecified atom stereocenters. The minimum Gasteiger partial charge on any atom is -0.334 e. The van der Waals surface area contributed by atoms with Crippen LogP contribution in [0.2, 0.25) is 0 Å². The molecule has 1 heterocycles. The number of rotatable bonds is 2. The Hall–Kier alpha value is -2.27. The maximum atomic E-state index is 12.4. The van der Waals surface area contributed by atoms with Crippen LogP contribution in [0.4, 0.5) is 5.69 Å². The molecule has 0 aliphatic carbocycles. The highest BCUT2D eigenvalue weighted by molar-refractivity contribution is 7.99. The summed E-state index contributed by atoms with van der Waals surface area (Å²) < 4.78 is 0. The second-order valence-electron chi connectivity index (χ2n) is 5.62. The Morgan fingerprint density at radius 2 is 1.67 bits per heavy atom. The summed E-state index contributed by atoms with van der Waals surface area (Å²) in [6.45, 7) is 1.29. The number of hydrogen-bond acceptors (Lipinski definition) is 3. The molecule has 2 aromatic carbocycles. The van der Waals surface area contributed by atoms with Gasteiger partial charge in [0.25, 0.3) is 0 Å². The van der Waals surface area contributed by atoms with Crippen molar-refractivity contribution < 1.29 is 9.59 Å². The summed E-state index contributed by atoms with van der Waals surface area (Å²) in [6.07, 6.45) is 0.935. The fourth-order valence-corrected chi connectivity index (χ4v) is 3.62. The van der Waals surface area contributed by atoms with Crippen molar-refractivity contribution in [3.63, 3.8) is 0 Å². The molecule has 0 saturated carbocycles. The first-order valence-electron chi connectivity index (χ1n) is 8.08. The van der Waals surface area contributed by atoms with Gasteiger partial charge in [0.15, 0.2) is 0 Å². The summed E-state index contributed by atoms with van der Waals surface area (Å²) in [7, 11) is 0. The van der Waals surface area contributed by atoms with E-state index >= 15 is 0 Å². The number of thioether (sulfide) groups is 1. The van der Waals surface area contributed by atoms with Crippen LogP contribution in [0.5, 0.6) is 0 Å². The van der Waals surface area contributed by atoms with Gasteiger partial charge in [-0.2, -0.15) is 11.8 Å². The first-order chi connectivity index (χ1) is 11.8. The van der Waals surface area contributed by atoms with Gasteiger partial charge >= 0.3 is 11.8 Å². The molecule has 3 rings (SSSR count). The number of carbonyl (C=O) groups excluding carboxylic acids is 2. The van der Waals surface area contributed by atoms with E-state index in [1.807, 2.05) is 66.4 Å². The van der Waals surface area contributed by atoms with Crippen LogP contribution in [0.15, 0.2) is 54.6 Å². The quantitative estimate of drug-likeness (QED) is 0.854. The molecule has 1 aliphatic rings. The van der Waals surface area contributed by atoms with E-state index in [2.05, 4.69) is 5.32 Å². The van der Waals surface area contributed by atoms with Gasteiger partial charge in [-0.25, -0.2) is 0 Å². The number of carbonyl (C=O) groups is 2. The highest BCUT2D eigenvalue weighted by Gasteiger charge is 2.23. The number of amides is 2. The van der Waals surface area contributed by atoms with Crippen molar-refractivity contribution in [2.24, 2.45) is 0 Å². The molecule has 1 aliphatic heterocycles. The molecule has 1 saturated heterocycles. The topological polar surface area (TPSA) is 49.4 Å². The van der Waals surface area contributed by atoms with Crippen LogP contribution in [0.3, 0.4) is 0 Å². The average Bonchev–Trinajstić information content (AvgIpc) is 2.91. The Morgan fingerprint density at radius 1 is 0.917 bits per heavy atom. The van der Waals surface area contributed by atoms with E-state index in [1.165, 1.54) is 0 Å². The highest BCUT2D eigenvalue weighted by atomic mass is 32.2. The fourth-order valence-electron chi connectivity index (χ4n) is 2.73. The van der Waals surface area contributed by atoms with E-state index in [0.29, 0.717) is 18.8 Å². The molecule has 0 radical (unpaired) electrons. The van der Waals surface area contributed by atoms with Gasteiger partial charge in [-0.1, -0.05) is 48.5 Å². The average molecular weight is 340 g/mol. The maximum Gasteiger partial charge on any atom is 0.313 e. The number of hydrogen-bond donors (Lipinski definition) is 1. The van der Waals surface area contributed by atoms with Crippen molar-refractivity contribution in [1.29, 1.82) is 0 Å². The van der Waals surface area contributed by atoms with Gasteiger partial charge in [-0.15, -0.1) is 0 Å². The van der Waals surface area contributed by atoms with E-state index in [0.717, 1.165) is 29.1 Å². The van der Waals surface area contributed by atoms with Crippen LogP contribution in [0.1, 0.15) is 6.42 Å². The lowest BCUT2D eigenvalue weighted by molar-refractivity contribution is -0.142. The molecule has 2 aromatic rings. The highest BCUT2D eigenvalue weighted by Crippen LogP contribution is 2.27. The van der Waals surface area contributed by atoms with Crippen molar-refractivity contribution in [2.45, 2.75) is 6.42 Å². The van der Waals surface area contributed by atoms with Crippen LogP contribution in [0, 0.1) is 0 Å². The van der Waals surface area contributed by atoms with Gasteiger partial charge in [-0.05, 0) is 23.8 Å². The van der Waals surface area contributed by atoms with E-state index < -0.39 is 11.8 Å². The van der Waals surface area contributed by atoms with Gasteiger partial charge in [0.1, 0.15) is 0 Å². The molecule has 24 heavy (non-hydrogen) atoms. The smallest absolute Gasteiger partial charge is 0.313 e. The normalized spacial score (nSPS) is 14.8. The molecule has 0 bridgehead atoms. The largest absolute Gasteiger partial charge is 0.334 e. The number of benzene rings is 2. The molecule has 124 valence electrons. The molecule has 5 heteroatoms. The van der Waals surface area contributed by atoms with Gasteiger partial charge in [-0.3, -0.25) is 9.59 Å². The molecule has 2 amide bonds. The van der Waals surface area contributed by atoms with Crippen LogP contribution in [0.25, 0.3) is 11.1 Å². The van der Waals surface area contributed by atoms with Crippen LogP contribution < -0.4 is 5.32 Å². The Balaban J connectivity index is 1.76. The summed E-state index contributed by atoms with van der Waals surface area (Å²) in [6, 6.07) is 17.4. The van der Waals surface area contributed by atoms with E-state index in [4.69, 9.17) is 0 Å². The summed E-state index contributed by atoms with van der Waals surface area (Å²) in [5.74, 6) is 0.924. The summed E-state index contributed by atoms with van der Waals surface area (Å²) >= 11 is 1.83. The SMILES string of the molecule is O=C(Nc1ccccc1-c1ccccc1)C(=O)N1CCCSCC1. The zero-order valence-electron chi connectivity index (χ0n) is 13.4. The van der Waals surface area contributed by atoms with Gasteiger partial charge < -0.3 is 10.2 Å². The lowest BCUT2D eigenvalue weighted by Gasteiger charge is -2.19. The van der Waals surface area contributed by atoms with Gasteiger partial charge in [0.2, 0.25) is 0 Å². The molecular weight excluding hydrogens is 320 g/mol. The van der Waals surface area contributed by atoms with Crippen molar-refractivity contribution in [3.05, 3.63) is 54.6 Å². The molecule has 4 nitrogen and oxygen atoms in total. The number of para-hydroxylation sites is 1. The van der Waals surface area contributed by atoms with Crippen LogP contribution in [-0.2, 0) is 9.59 Å². The summed E-state index contributed by atoms with van der Waals surface area (Å²) in [4.78, 5) is 26.5. The molecule has 1 fully saturated rings. The molecule has 0 atom stereocenters. The number of nitrogens with zero attached hydrogens (tertiary/aromatic N) is 1. The minimum atomic E-state index is -0.565. The molecule has 1 N–H and O–H groups in total. The Kier molecular flexibility index (Phi) is 5.54. The third-order valence-electron chi connectivity index (χ3n) is 3.96. The van der Waals surface area contributed by atoms with E-state index in [1.54, 1.807) is 4.90 Å². The molecular formula is C19H20N2O2S. The first-order valence-corrected chi connectivity index (χ1v) is 9.23. The second kappa shape index (κ2) is 8.02. The lowest BCUT2D eigenvalue weighted by atomic mass is 10.0. The van der Waals surface area contributed by atoms with E-state index in [9.17, 15) is 9.59 Å². The predicted octanol–water partition coefficient (Wildman–Crippen LogP) is 3.26. The lowest BCUT2D eigenvalue weighted by Crippen LogP contribution is -2.40. The Bertz CT molecular complexity index is 710. The monoisotopic (exact) mass is 340 g/mol. The summed E-state index contributed by atoms with van der Waals surface area (Å²) in [5, 5.41) is 2.79. The van der Waals surface area contributed by atoms with Crippen LogP contribution >= 0.6 is 11.8 Å². The Morgan fingerprint density at radius 3 is 2.50 bits per heavy atom. The predicted molar refractivity (Wildman–Crippen MR) is 99.0 cm³/mol. The standard InChI is InChI=1S/C19H20N2O2S/c22-18(19(23)21-11-6-13-24-14-12-21)20-17-10-5-4-9-16(17)15-7-2-1-3-8-15/h1-5,7-10H,6,11-14H2,(H,20,22). The Labute approximate surface area is 146 Å². The maximum absolute atomic E-state index is 12.4. The third-order valence-corrected chi connectivity index (χ3v) is 5.01. The zero-order chi connectivity index (χ0) is 16.8. The second-order valence-corrected chi connectivity index (χ2v) is 6.85. The van der Waals surface area contributed by atoms with Crippen molar-refractivity contribution in [2.75, 3.05) is 29.9 Å². The third kappa shape index (κ3) is 3.97. The zero-order valence-corrected chi connectivity index (χ0v) is 14.2.